The molecule has 0 aliphatic heterocycles. The second-order valence-electron chi connectivity index (χ2n) is 12.2. The van der Waals surface area contributed by atoms with Gasteiger partial charge in [-0.25, -0.2) is 0 Å². The molecule has 0 amide bonds. The lowest BCUT2D eigenvalue weighted by Gasteiger charge is -2.14. The van der Waals surface area contributed by atoms with Crippen molar-refractivity contribution < 1.29 is 8.37 Å². The molecule has 2 aromatic carbocycles. The van der Waals surface area contributed by atoms with Crippen LogP contribution in [0.15, 0.2) is 33.2 Å². The van der Waals surface area contributed by atoms with Crippen LogP contribution in [0.25, 0.3) is 11.1 Å². The van der Waals surface area contributed by atoms with E-state index in [2.05, 4.69) is 70.0 Å². The van der Waals surface area contributed by atoms with Gasteiger partial charge in [0.1, 0.15) is 0 Å². The van der Waals surface area contributed by atoms with Crippen LogP contribution < -0.4 is 8.37 Å². The molecule has 2 nitrogen and oxygen atoms in total. The van der Waals surface area contributed by atoms with Crippen molar-refractivity contribution in [3.8, 4) is 22.6 Å². The molecule has 0 spiro atoms. The lowest BCUT2D eigenvalue weighted by Crippen LogP contribution is -1.93. The molecule has 242 valence electrons. The van der Waals surface area contributed by atoms with Crippen molar-refractivity contribution in [2.24, 2.45) is 0 Å². The number of fused-ring (bicyclic) bond motifs is 3. The molecule has 2 aromatic rings. The highest BCUT2D eigenvalue weighted by Crippen LogP contribution is 2.51. The summed E-state index contributed by atoms with van der Waals surface area (Å²) in [7, 11) is 0. The van der Waals surface area contributed by atoms with Crippen molar-refractivity contribution in [1.82, 2.24) is 0 Å². The molecule has 0 atom stereocenters. The summed E-state index contributed by atoms with van der Waals surface area (Å²) < 4.78 is 14.8. The summed E-state index contributed by atoms with van der Waals surface area (Å²) in [5, 5.41) is 0. The normalized spacial score (nSPS) is 12.0. The zero-order valence-electron chi connectivity index (χ0n) is 27.0. The molecule has 6 heteroatoms. The van der Waals surface area contributed by atoms with Gasteiger partial charge in [0.15, 0.2) is 11.5 Å². The van der Waals surface area contributed by atoms with E-state index in [0.29, 0.717) is 0 Å². The lowest BCUT2D eigenvalue weighted by atomic mass is 10.0. The van der Waals surface area contributed by atoms with Crippen molar-refractivity contribution in [1.29, 1.82) is 0 Å². The van der Waals surface area contributed by atoms with E-state index in [4.69, 9.17) is 8.37 Å². The van der Waals surface area contributed by atoms with Gasteiger partial charge in [0.25, 0.3) is 0 Å². The predicted octanol–water partition coefficient (Wildman–Crippen LogP) is 14.7. The van der Waals surface area contributed by atoms with Gasteiger partial charge in [-0.1, -0.05) is 142 Å². The summed E-state index contributed by atoms with van der Waals surface area (Å²) in [6.45, 7) is 4.57. The van der Waals surface area contributed by atoms with Crippen molar-refractivity contribution in [2.45, 2.75) is 149 Å². The zero-order chi connectivity index (χ0) is 30.5. The Kier molecular flexibility index (Phi) is 20.0. The van der Waals surface area contributed by atoms with Gasteiger partial charge in [0.2, 0.25) is 0 Å². The summed E-state index contributed by atoms with van der Waals surface area (Å²) in [5.74, 6) is 4.00. The third kappa shape index (κ3) is 13.5. The molecule has 1 aliphatic carbocycles. The molecule has 0 saturated heterocycles. The number of benzene rings is 2. The first-order valence-electron chi connectivity index (χ1n) is 17.4. The van der Waals surface area contributed by atoms with Crippen LogP contribution in [0.1, 0.15) is 153 Å². The Bertz CT molecular complexity index is 1050. The van der Waals surface area contributed by atoms with Crippen molar-refractivity contribution in [3.63, 3.8) is 0 Å². The monoisotopic (exact) mass is 754 g/mol. The second-order valence-corrected chi connectivity index (χ2v) is 15.5. The third-order valence-electron chi connectivity index (χ3n) is 8.49. The van der Waals surface area contributed by atoms with Gasteiger partial charge in [-0.2, -0.15) is 0 Å². The van der Waals surface area contributed by atoms with E-state index in [9.17, 15) is 0 Å². The fourth-order valence-electron chi connectivity index (χ4n) is 5.91. The molecular formula is C37H56Br2O2S2. The standard InChI is InChI=1S/C37H56Br2O2S2/c1-3-5-7-9-11-13-15-17-19-21-27-42-40-36-32-29-30-23-25-34(39)37(35(30)31(32)24-26-33(36)38)41-43-28-22-20-18-16-14-12-10-8-6-4-2/h23-26H,3-22,27-29H2,1-2H3. The van der Waals surface area contributed by atoms with E-state index in [-0.39, 0.29) is 0 Å². The maximum Gasteiger partial charge on any atom is 0.159 e. The first kappa shape index (κ1) is 37.2. The molecule has 43 heavy (non-hydrogen) atoms. The van der Waals surface area contributed by atoms with Gasteiger partial charge in [0.05, 0.1) is 33.0 Å². The van der Waals surface area contributed by atoms with Gasteiger partial charge in [-0.3, -0.25) is 0 Å². The summed E-state index contributed by atoms with van der Waals surface area (Å²) >= 11 is 10.8. The van der Waals surface area contributed by atoms with Crippen LogP contribution in [-0.2, 0) is 6.42 Å². The number of unbranched alkanes of at least 4 members (excludes halogenated alkanes) is 18. The molecule has 0 radical (unpaired) electrons. The Morgan fingerprint density at radius 1 is 0.535 bits per heavy atom. The molecule has 0 N–H and O–H groups in total. The molecular weight excluding hydrogens is 700 g/mol. The van der Waals surface area contributed by atoms with Gasteiger partial charge >= 0.3 is 0 Å². The fourth-order valence-corrected chi connectivity index (χ4v) is 8.40. The molecule has 0 heterocycles. The topological polar surface area (TPSA) is 18.5 Å². The lowest BCUT2D eigenvalue weighted by molar-refractivity contribution is 0.561. The van der Waals surface area contributed by atoms with Crippen LogP contribution in [0.3, 0.4) is 0 Å². The molecule has 3 rings (SSSR count). The fraction of sp³-hybridized carbons (Fsp3) is 0.676. The van der Waals surface area contributed by atoms with Crippen LogP contribution in [0.2, 0.25) is 0 Å². The third-order valence-corrected chi connectivity index (χ3v) is 11.2. The number of halogens is 2. The minimum Gasteiger partial charge on any atom is -0.424 e. The van der Waals surface area contributed by atoms with Gasteiger partial charge in [0, 0.05) is 29.1 Å². The van der Waals surface area contributed by atoms with E-state index in [1.54, 1.807) is 24.1 Å². The summed E-state index contributed by atoms with van der Waals surface area (Å²) in [6, 6.07) is 8.72. The van der Waals surface area contributed by atoms with Crippen molar-refractivity contribution in [2.75, 3.05) is 11.5 Å². The average Bonchev–Trinajstić information content (AvgIpc) is 3.39. The summed E-state index contributed by atoms with van der Waals surface area (Å²) in [4.78, 5) is 0. The first-order valence-corrected chi connectivity index (χ1v) is 20.8. The maximum atomic E-state index is 6.38. The summed E-state index contributed by atoms with van der Waals surface area (Å²) in [6.07, 6.45) is 28.1. The zero-order valence-corrected chi connectivity index (χ0v) is 31.8. The average molecular weight is 757 g/mol. The van der Waals surface area contributed by atoms with E-state index >= 15 is 0 Å². The molecule has 0 aromatic heterocycles. The van der Waals surface area contributed by atoms with Crippen LogP contribution in [-0.4, -0.2) is 11.5 Å². The molecule has 0 bridgehead atoms. The molecule has 0 unspecified atom stereocenters. The van der Waals surface area contributed by atoms with Gasteiger partial charge in [-0.15, -0.1) is 0 Å². The second kappa shape index (κ2) is 23.1. The van der Waals surface area contributed by atoms with Crippen molar-refractivity contribution in [3.05, 3.63) is 44.3 Å². The molecule has 0 fully saturated rings. The van der Waals surface area contributed by atoms with Crippen LogP contribution >= 0.6 is 55.9 Å². The highest BCUT2D eigenvalue weighted by molar-refractivity contribution is 9.11. The van der Waals surface area contributed by atoms with Crippen LogP contribution in [0, 0.1) is 0 Å². The minimum atomic E-state index is 0.880. The highest BCUT2D eigenvalue weighted by atomic mass is 79.9. The maximum absolute atomic E-state index is 6.38. The predicted molar refractivity (Wildman–Crippen MR) is 200 cm³/mol. The van der Waals surface area contributed by atoms with Crippen LogP contribution in [0.4, 0.5) is 0 Å². The highest BCUT2D eigenvalue weighted by Gasteiger charge is 2.28. The Balaban J connectivity index is 1.39. The number of hydrogen-bond acceptors (Lipinski definition) is 4. The van der Waals surface area contributed by atoms with Crippen molar-refractivity contribution >= 4 is 55.9 Å². The smallest absolute Gasteiger partial charge is 0.159 e. The quantitative estimate of drug-likeness (QED) is 0.0599. The van der Waals surface area contributed by atoms with E-state index in [1.807, 2.05) is 0 Å². The Labute approximate surface area is 289 Å². The Hall–Kier alpha value is -0.300. The van der Waals surface area contributed by atoms with Crippen LogP contribution in [0.5, 0.6) is 11.5 Å². The van der Waals surface area contributed by atoms with E-state index < -0.39 is 0 Å². The van der Waals surface area contributed by atoms with E-state index in [1.165, 1.54) is 151 Å². The first-order chi connectivity index (χ1) is 21.2. The van der Waals surface area contributed by atoms with Gasteiger partial charge < -0.3 is 8.37 Å². The minimum absolute atomic E-state index is 0.880. The Morgan fingerprint density at radius 3 is 1.47 bits per heavy atom. The SMILES string of the molecule is CCCCCCCCCCCCSOc1c(Br)ccc2c1Cc1ccc(Br)c(OSCCCCCCCCCCCC)c1-2. The summed E-state index contributed by atoms with van der Waals surface area (Å²) in [5.41, 5.74) is 5.04. The number of rotatable bonds is 26. The van der Waals surface area contributed by atoms with E-state index in [0.717, 1.165) is 38.4 Å². The molecule has 0 saturated carbocycles. The van der Waals surface area contributed by atoms with Gasteiger partial charge in [-0.05, 0) is 68.0 Å². The molecule has 1 aliphatic rings. The number of hydrogen-bond donors (Lipinski definition) is 0. The largest absolute Gasteiger partial charge is 0.424 e. The Morgan fingerprint density at radius 2 is 0.953 bits per heavy atom.